The predicted octanol–water partition coefficient (Wildman–Crippen LogP) is 3.29. The van der Waals surface area contributed by atoms with Gasteiger partial charge in [-0.15, -0.1) is 0 Å². The maximum Gasteiger partial charge on any atom is 0.257 e. The van der Waals surface area contributed by atoms with Crippen LogP contribution in [0.2, 0.25) is 0 Å². The second-order valence-corrected chi connectivity index (χ2v) is 9.36. The minimum Gasteiger partial charge on any atom is -0.355 e. The number of nitrogens with zero attached hydrogens (tertiary/aromatic N) is 3. The van der Waals surface area contributed by atoms with Crippen molar-refractivity contribution < 1.29 is 9.18 Å². The predicted molar refractivity (Wildman–Crippen MR) is 127 cm³/mol. The van der Waals surface area contributed by atoms with Crippen LogP contribution in [0.1, 0.15) is 48.9 Å². The van der Waals surface area contributed by atoms with Crippen molar-refractivity contribution in [1.82, 2.24) is 19.8 Å². The third-order valence-corrected chi connectivity index (χ3v) is 6.97. The molecular formula is C24H33FN4O2S. The van der Waals surface area contributed by atoms with Crippen molar-refractivity contribution in [3.8, 4) is 0 Å². The summed E-state index contributed by atoms with van der Waals surface area (Å²) in [6.45, 7) is 5.75. The van der Waals surface area contributed by atoms with Gasteiger partial charge in [0.2, 0.25) is 5.91 Å². The van der Waals surface area contributed by atoms with Crippen LogP contribution in [0.4, 0.5) is 4.39 Å². The third kappa shape index (κ3) is 6.90. The highest BCUT2D eigenvalue weighted by Crippen LogP contribution is 2.19. The van der Waals surface area contributed by atoms with E-state index in [9.17, 15) is 14.0 Å². The summed E-state index contributed by atoms with van der Waals surface area (Å²) in [7, 11) is 1.70. The molecule has 0 spiro atoms. The highest BCUT2D eigenvalue weighted by atomic mass is 32.2. The van der Waals surface area contributed by atoms with Crippen LogP contribution in [0.25, 0.3) is 0 Å². The van der Waals surface area contributed by atoms with Crippen LogP contribution in [-0.2, 0) is 18.3 Å². The molecule has 3 rings (SSSR count). The van der Waals surface area contributed by atoms with E-state index in [0.29, 0.717) is 28.4 Å². The highest BCUT2D eigenvalue weighted by molar-refractivity contribution is 7.99. The molecule has 0 saturated carbocycles. The van der Waals surface area contributed by atoms with Crippen LogP contribution in [0.15, 0.2) is 34.2 Å². The fourth-order valence-electron chi connectivity index (χ4n) is 3.89. The van der Waals surface area contributed by atoms with Crippen molar-refractivity contribution >= 4 is 17.7 Å². The number of aryl methyl sites for hydroxylation is 1. The van der Waals surface area contributed by atoms with Crippen molar-refractivity contribution in [3.05, 3.63) is 57.3 Å². The van der Waals surface area contributed by atoms with Gasteiger partial charge in [-0.1, -0.05) is 30.0 Å². The average molecular weight is 461 g/mol. The lowest BCUT2D eigenvalue weighted by Gasteiger charge is -2.14. The van der Waals surface area contributed by atoms with Crippen molar-refractivity contribution in [3.63, 3.8) is 0 Å². The van der Waals surface area contributed by atoms with Crippen LogP contribution in [0, 0.1) is 12.7 Å². The van der Waals surface area contributed by atoms with E-state index in [2.05, 4.69) is 15.2 Å². The molecule has 0 unspecified atom stereocenters. The number of hydrogen-bond acceptors (Lipinski definition) is 5. The third-order valence-electron chi connectivity index (χ3n) is 5.85. The normalized spacial score (nSPS) is 14.1. The zero-order valence-electron chi connectivity index (χ0n) is 19.0. The van der Waals surface area contributed by atoms with Gasteiger partial charge >= 0.3 is 0 Å². The van der Waals surface area contributed by atoms with Crippen LogP contribution >= 0.6 is 11.8 Å². The number of unbranched alkanes of at least 4 members (excludes halogenated alkanes) is 1. The Kier molecular flexibility index (Phi) is 9.29. The van der Waals surface area contributed by atoms with Gasteiger partial charge in [0.25, 0.3) is 5.56 Å². The number of benzene rings is 1. The zero-order chi connectivity index (χ0) is 22.9. The van der Waals surface area contributed by atoms with Crippen molar-refractivity contribution in [2.75, 3.05) is 31.9 Å². The van der Waals surface area contributed by atoms with Gasteiger partial charge in [-0.05, 0) is 57.3 Å². The fourth-order valence-corrected chi connectivity index (χ4v) is 4.90. The number of aromatic nitrogens is 2. The first-order valence-electron chi connectivity index (χ1n) is 11.4. The molecule has 1 N–H and O–H groups in total. The minimum absolute atomic E-state index is 0.105. The molecule has 1 fully saturated rings. The van der Waals surface area contributed by atoms with E-state index in [4.69, 9.17) is 0 Å². The maximum absolute atomic E-state index is 14.0. The van der Waals surface area contributed by atoms with Crippen LogP contribution in [0.3, 0.4) is 0 Å². The number of hydrogen-bond donors (Lipinski definition) is 1. The Morgan fingerprint density at radius 3 is 2.72 bits per heavy atom. The highest BCUT2D eigenvalue weighted by Gasteiger charge is 2.15. The molecule has 174 valence electrons. The maximum atomic E-state index is 14.0. The van der Waals surface area contributed by atoms with Gasteiger partial charge in [0.15, 0.2) is 5.16 Å². The van der Waals surface area contributed by atoms with Gasteiger partial charge < -0.3 is 10.2 Å². The van der Waals surface area contributed by atoms with Crippen molar-refractivity contribution in [2.45, 2.75) is 50.6 Å². The number of carbonyl (C=O) groups is 1. The summed E-state index contributed by atoms with van der Waals surface area (Å²) in [5.41, 5.74) is 1.51. The van der Waals surface area contributed by atoms with E-state index in [1.54, 1.807) is 36.7 Å². The molecule has 1 aliphatic heterocycles. The standard InChI is InChI=1S/C24H33FN4O2S/c1-18-20(17-19-9-3-4-10-21(19)25)23(31)28(2)24(27-18)32-16-8-5-11-22(30)26-12-15-29-13-6-7-14-29/h3-4,9-10H,5-8,11-17H2,1-2H3,(H,26,30). The number of halogens is 1. The summed E-state index contributed by atoms with van der Waals surface area (Å²) in [6, 6.07) is 6.50. The Hall–Kier alpha value is -2.19. The topological polar surface area (TPSA) is 67.2 Å². The van der Waals surface area contributed by atoms with Crippen molar-refractivity contribution in [1.29, 1.82) is 0 Å². The Labute approximate surface area is 193 Å². The van der Waals surface area contributed by atoms with E-state index < -0.39 is 0 Å². The Morgan fingerprint density at radius 1 is 1.22 bits per heavy atom. The molecule has 8 heteroatoms. The first-order chi connectivity index (χ1) is 15.5. The van der Waals surface area contributed by atoms with Crippen LogP contribution in [-0.4, -0.2) is 52.3 Å². The van der Waals surface area contributed by atoms with Gasteiger partial charge in [0, 0.05) is 50.0 Å². The average Bonchev–Trinajstić information content (AvgIpc) is 3.29. The number of amides is 1. The summed E-state index contributed by atoms with van der Waals surface area (Å²) < 4.78 is 15.5. The summed E-state index contributed by atoms with van der Waals surface area (Å²) in [4.78, 5) is 31.8. The lowest BCUT2D eigenvalue weighted by atomic mass is 10.0. The van der Waals surface area contributed by atoms with Gasteiger partial charge in [-0.2, -0.15) is 0 Å². The largest absolute Gasteiger partial charge is 0.355 e. The minimum atomic E-state index is -0.313. The zero-order valence-corrected chi connectivity index (χ0v) is 19.8. The molecule has 1 aromatic heterocycles. The van der Waals surface area contributed by atoms with Gasteiger partial charge in [-0.3, -0.25) is 14.2 Å². The van der Waals surface area contributed by atoms with Crippen LogP contribution in [0.5, 0.6) is 0 Å². The summed E-state index contributed by atoms with van der Waals surface area (Å²) in [5, 5.41) is 3.65. The molecule has 0 atom stereocenters. The molecular weight excluding hydrogens is 427 g/mol. The van der Waals surface area contributed by atoms with E-state index in [0.717, 1.165) is 44.8 Å². The van der Waals surface area contributed by atoms with E-state index in [1.165, 1.54) is 30.7 Å². The van der Waals surface area contributed by atoms with E-state index >= 15 is 0 Å². The number of carbonyl (C=O) groups excluding carboxylic acids is 1. The second kappa shape index (κ2) is 12.2. The number of rotatable bonds is 11. The first-order valence-corrected chi connectivity index (χ1v) is 12.4. The van der Waals surface area contributed by atoms with E-state index in [-0.39, 0.29) is 23.7 Å². The Morgan fingerprint density at radius 2 is 1.97 bits per heavy atom. The van der Waals surface area contributed by atoms with Gasteiger partial charge in [-0.25, -0.2) is 9.37 Å². The molecule has 1 saturated heterocycles. The molecule has 2 aromatic rings. The number of nitrogens with one attached hydrogen (secondary N) is 1. The quantitative estimate of drug-likeness (QED) is 0.317. The first kappa shape index (κ1) is 24.5. The smallest absolute Gasteiger partial charge is 0.257 e. The molecule has 6 nitrogen and oxygen atoms in total. The second-order valence-electron chi connectivity index (χ2n) is 8.29. The molecule has 1 amide bonds. The molecule has 1 aliphatic rings. The lowest BCUT2D eigenvalue weighted by molar-refractivity contribution is -0.121. The van der Waals surface area contributed by atoms with E-state index in [1.807, 2.05) is 0 Å². The van der Waals surface area contributed by atoms with Crippen molar-refractivity contribution in [2.24, 2.45) is 7.05 Å². The Bertz CT molecular complexity index is 973. The molecule has 0 aliphatic carbocycles. The fraction of sp³-hybridized carbons (Fsp3) is 0.542. The molecule has 2 heterocycles. The summed E-state index contributed by atoms with van der Waals surface area (Å²) >= 11 is 1.52. The molecule has 32 heavy (non-hydrogen) atoms. The van der Waals surface area contributed by atoms with Gasteiger partial charge in [0.1, 0.15) is 5.82 Å². The monoisotopic (exact) mass is 460 g/mol. The molecule has 1 aromatic carbocycles. The lowest BCUT2D eigenvalue weighted by Crippen LogP contribution is -2.33. The number of likely N-dealkylation sites (tertiary alicyclic amines) is 1. The SMILES string of the molecule is Cc1nc(SCCCCC(=O)NCCN2CCCC2)n(C)c(=O)c1Cc1ccccc1F. The van der Waals surface area contributed by atoms with Gasteiger partial charge in [0.05, 0.1) is 0 Å². The summed E-state index contributed by atoms with van der Waals surface area (Å²) in [5.74, 6) is 0.577. The molecule has 0 radical (unpaired) electrons. The number of thioether (sulfide) groups is 1. The van der Waals surface area contributed by atoms with Crippen LogP contribution < -0.4 is 10.9 Å². The summed E-state index contributed by atoms with van der Waals surface area (Å²) in [6.07, 6.45) is 4.96. The Balaban J connectivity index is 1.42. The molecule has 0 bridgehead atoms.